The number of hydrogen-bond donors (Lipinski definition) is 1. The van der Waals surface area contributed by atoms with Crippen LogP contribution in [0.3, 0.4) is 0 Å². The highest BCUT2D eigenvalue weighted by atomic mass is 16.5. The van der Waals surface area contributed by atoms with Crippen LogP contribution in [0.15, 0.2) is 42.5 Å². The second-order valence-electron chi connectivity index (χ2n) is 5.77. The molecule has 0 aliphatic rings. The molecule has 0 aliphatic carbocycles. The Morgan fingerprint density at radius 1 is 1.21 bits per heavy atom. The summed E-state index contributed by atoms with van der Waals surface area (Å²) in [5, 5.41) is 13.6. The van der Waals surface area contributed by atoms with E-state index in [0.717, 1.165) is 16.3 Å². The third-order valence-corrected chi connectivity index (χ3v) is 3.93. The normalized spacial score (nSPS) is 12.9. The highest BCUT2D eigenvalue weighted by molar-refractivity contribution is 5.88. The molecule has 124 valence electrons. The summed E-state index contributed by atoms with van der Waals surface area (Å²) in [6.07, 6.45) is 0.327. The number of amides is 1. The van der Waals surface area contributed by atoms with Gasteiger partial charge >= 0.3 is 5.97 Å². The van der Waals surface area contributed by atoms with Gasteiger partial charge in [0.15, 0.2) is 0 Å². The first-order chi connectivity index (χ1) is 11.5. The number of nitriles is 1. The van der Waals surface area contributed by atoms with Gasteiger partial charge in [0.2, 0.25) is 5.91 Å². The van der Waals surface area contributed by atoms with Crippen molar-refractivity contribution in [1.29, 1.82) is 5.26 Å². The van der Waals surface area contributed by atoms with Gasteiger partial charge in [-0.3, -0.25) is 4.79 Å². The molecule has 1 amide bonds. The number of nitrogens with one attached hydrogen (secondary N) is 1. The molecular formula is C19H20N2O3. The molecule has 0 radical (unpaired) electrons. The van der Waals surface area contributed by atoms with Crippen LogP contribution in [-0.4, -0.2) is 25.0 Å². The first-order valence-electron chi connectivity index (χ1n) is 7.77. The molecule has 0 saturated carbocycles. The van der Waals surface area contributed by atoms with Gasteiger partial charge in [-0.2, -0.15) is 5.26 Å². The molecule has 2 atom stereocenters. The Morgan fingerprint density at radius 2 is 1.92 bits per heavy atom. The number of benzene rings is 2. The summed E-state index contributed by atoms with van der Waals surface area (Å²) in [5.74, 6) is -1.13. The predicted octanol–water partition coefficient (Wildman–Crippen LogP) is 2.59. The van der Waals surface area contributed by atoms with Gasteiger partial charge in [0, 0.05) is 12.3 Å². The third-order valence-electron chi connectivity index (χ3n) is 3.93. The fraction of sp³-hybridized carbons (Fsp3) is 0.316. The van der Waals surface area contributed by atoms with E-state index < -0.39 is 12.0 Å². The zero-order valence-electron chi connectivity index (χ0n) is 13.8. The molecule has 5 heteroatoms. The minimum Gasteiger partial charge on any atom is -0.467 e. The van der Waals surface area contributed by atoms with Crippen molar-refractivity contribution >= 4 is 22.6 Å². The molecular weight excluding hydrogens is 304 g/mol. The number of carbonyl (C=O) groups is 2. The fourth-order valence-electron chi connectivity index (χ4n) is 2.58. The van der Waals surface area contributed by atoms with E-state index in [1.54, 1.807) is 6.92 Å². The molecule has 24 heavy (non-hydrogen) atoms. The first-order valence-corrected chi connectivity index (χ1v) is 7.77. The third kappa shape index (κ3) is 4.32. The maximum absolute atomic E-state index is 12.3. The van der Waals surface area contributed by atoms with Gasteiger partial charge in [-0.05, 0) is 16.3 Å². The van der Waals surface area contributed by atoms with E-state index in [9.17, 15) is 9.59 Å². The van der Waals surface area contributed by atoms with Crippen LogP contribution in [0.4, 0.5) is 0 Å². The van der Waals surface area contributed by atoms with Gasteiger partial charge in [-0.15, -0.1) is 0 Å². The number of ether oxygens (including phenoxy) is 1. The molecule has 0 spiro atoms. The first kappa shape index (κ1) is 17.5. The van der Waals surface area contributed by atoms with E-state index in [1.165, 1.54) is 7.11 Å². The quantitative estimate of drug-likeness (QED) is 0.828. The summed E-state index contributed by atoms with van der Waals surface area (Å²) in [4.78, 5) is 24.1. The Bertz CT molecular complexity index is 780. The lowest BCUT2D eigenvalue weighted by molar-refractivity contribution is -0.146. The van der Waals surface area contributed by atoms with Crippen molar-refractivity contribution in [3.63, 3.8) is 0 Å². The Kier molecular flexibility index (Phi) is 5.91. The predicted molar refractivity (Wildman–Crippen MR) is 91.0 cm³/mol. The number of methoxy groups -OCH3 is 1. The highest BCUT2D eigenvalue weighted by Crippen LogP contribution is 2.16. The zero-order valence-corrected chi connectivity index (χ0v) is 13.8. The van der Waals surface area contributed by atoms with Crippen molar-refractivity contribution in [2.45, 2.75) is 25.8 Å². The highest BCUT2D eigenvalue weighted by Gasteiger charge is 2.27. The lowest BCUT2D eigenvalue weighted by atomic mass is 9.98. The van der Waals surface area contributed by atoms with Crippen molar-refractivity contribution < 1.29 is 14.3 Å². The molecule has 0 aromatic heterocycles. The van der Waals surface area contributed by atoms with Gasteiger partial charge in [-0.25, -0.2) is 4.79 Å². The number of esters is 1. The number of rotatable bonds is 6. The van der Waals surface area contributed by atoms with Crippen molar-refractivity contribution in [1.82, 2.24) is 5.32 Å². The second kappa shape index (κ2) is 8.11. The molecule has 0 unspecified atom stereocenters. The van der Waals surface area contributed by atoms with E-state index in [2.05, 4.69) is 5.32 Å². The summed E-state index contributed by atoms with van der Waals surface area (Å²) < 4.78 is 4.73. The van der Waals surface area contributed by atoms with Crippen molar-refractivity contribution in [3.05, 3.63) is 48.0 Å². The number of fused-ring (bicyclic) bond motifs is 1. The van der Waals surface area contributed by atoms with Gasteiger partial charge in [0.25, 0.3) is 0 Å². The maximum atomic E-state index is 12.3. The van der Waals surface area contributed by atoms with E-state index in [-0.39, 0.29) is 24.7 Å². The summed E-state index contributed by atoms with van der Waals surface area (Å²) in [5.41, 5.74) is 0.864. The number of nitrogens with zero attached hydrogens (tertiary/aromatic N) is 1. The zero-order chi connectivity index (χ0) is 17.5. The molecule has 2 aromatic carbocycles. The van der Waals surface area contributed by atoms with E-state index in [0.29, 0.717) is 0 Å². The summed E-state index contributed by atoms with van der Waals surface area (Å²) in [6.45, 7) is 1.74. The van der Waals surface area contributed by atoms with Gasteiger partial charge in [0.1, 0.15) is 6.04 Å². The van der Waals surface area contributed by atoms with Crippen molar-refractivity contribution in [3.8, 4) is 6.07 Å². The molecule has 0 fully saturated rings. The van der Waals surface area contributed by atoms with Crippen LogP contribution >= 0.6 is 0 Å². The number of carbonyl (C=O) groups excluding carboxylic acids is 2. The van der Waals surface area contributed by atoms with Crippen molar-refractivity contribution in [2.75, 3.05) is 7.11 Å². The fourth-order valence-corrected chi connectivity index (χ4v) is 2.58. The van der Waals surface area contributed by atoms with E-state index in [4.69, 9.17) is 10.00 Å². The second-order valence-corrected chi connectivity index (χ2v) is 5.77. The Morgan fingerprint density at radius 3 is 2.58 bits per heavy atom. The lowest BCUT2D eigenvalue weighted by Gasteiger charge is -2.21. The minimum atomic E-state index is -0.817. The number of hydrogen-bond acceptors (Lipinski definition) is 4. The molecule has 2 rings (SSSR count). The average Bonchev–Trinajstić information content (AvgIpc) is 2.59. The molecule has 1 N–H and O–H groups in total. The molecule has 0 heterocycles. The standard InChI is InChI=1S/C19H20N2O3/c1-13(9-10-20)18(19(23)24-2)21-17(22)12-14-7-8-15-5-3-4-6-16(15)11-14/h3-8,11,13,18H,9,12H2,1-2H3,(H,21,22)/t13-,18-/m0/s1. The average molecular weight is 324 g/mol. The molecule has 0 bridgehead atoms. The van der Waals surface area contributed by atoms with E-state index >= 15 is 0 Å². The van der Waals surface area contributed by atoms with Crippen LogP contribution in [0.1, 0.15) is 18.9 Å². The van der Waals surface area contributed by atoms with Crippen LogP contribution in [0.2, 0.25) is 0 Å². The van der Waals surface area contributed by atoms with Crippen LogP contribution < -0.4 is 5.32 Å². The Balaban J connectivity index is 2.08. The summed E-state index contributed by atoms with van der Waals surface area (Å²) in [7, 11) is 1.27. The van der Waals surface area contributed by atoms with Crippen LogP contribution in [0, 0.1) is 17.2 Å². The minimum absolute atomic E-state index is 0.163. The Hall–Kier alpha value is -2.87. The molecule has 0 aliphatic heterocycles. The van der Waals surface area contributed by atoms with Crippen LogP contribution in [0.5, 0.6) is 0 Å². The lowest BCUT2D eigenvalue weighted by Crippen LogP contribution is -2.46. The summed E-state index contributed by atoms with van der Waals surface area (Å²) in [6, 6.07) is 14.9. The molecule has 2 aromatic rings. The van der Waals surface area contributed by atoms with Crippen molar-refractivity contribution in [2.24, 2.45) is 5.92 Å². The van der Waals surface area contributed by atoms with Gasteiger partial charge < -0.3 is 10.1 Å². The Labute approximate surface area is 141 Å². The smallest absolute Gasteiger partial charge is 0.328 e. The largest absolute Gasteiger partial charge is 0.467 e. The summed E-state index contributed by atoms with van der Waals surface area (Å²) >= 11 is 0. The van der Waals surface area contributed by atoms with Gasteiger partial charge in [0.05, 0.1) is 19.6 Å². The topological polar surface area (TPSA) is 79.2 Å². The monoisotopic (exact) mass is 324 g/mol. The van der Waals surface area contributed by atoms with Gasteiger partial charge in [-0.1, -0.05) is 49.4 Å². The van der Waals surface area contributed by atoms with Crippen LogP contribution in [0.25, 0.3) is 10.8 Å². The molecule has 5 nitrogen and oxygen atoms in total. The maximum Gasteiger partial charge on any atom is 0.328 e. The van der Waals surface area contributed by atoms with E-state index in [1.807, 2.05) is 48.5 Å². The molecule has 0 saturated heterocycles. The SMILES string of the molecule is COC(=O)[C@@H](NC(=O)Cc1ccc2ccccc2c1)[C@@H](C)CC#N. The van der Waals surface area contributed by atoms with Crippen LogP contribution in [-0.2, 0) is 20.7 Å².